The van der Waals surface area contributed by atoms with Crippen molar-refractivity contribution in [2.45, 2.75) is 24.8 Å². The molecule has 0 bridgehead atoms. The van der Waals surface area contributed by atoms with Crippen molar-refractivity contribution in [3.63, 3.8) is 0 Å². The predicted molar refractivity (Wildman–Crippen MR) is 95.0 cm³/mol. The number of methoxy groups -OCH3 is 1. The molecule has 0 aliphatic carbocycles. The van der Waals surface area contributed by atoms with Crippen LogP contribution in [0.5, 0.6) is 5.75 Å². The first-order valence-corrected chi connectivity index (χ1v) is 9.38. The summed E-state index contributed by atoms with van der Waals surface area (Å²) >= 11 is 0. The van der Waals surface area contributed by atoms with Gasteiger partial charge in [0, 0.05) is 25.7 Å². The van der Waals surface area contributed by atoms with Gasteiger partial charge in [0.25, 0.3) is 0 Å². The van der Waals surface area contributed by atoms with Crippen LogP contribution in [-0.2, 0) is 27.8 Å². The van der Waals surface area contributed by atoms with Crippen LogP contribution in [0.1, 0.15) is 18.1 Å². The second-order valence-electron chi connectivity index (χ2n) is 5.90. The molecule has 0 saturated carbocycles. The number of amides is 1. The Morgan fingerprint density at radius 1 is 1.16 bits per heavy atom. The zero-order valence-electron chi connectivity index (χ0n) is 14.2. The molecule has 6 nitrogen and oxygen atoms in total. The summed E-state index contributed by atoms with van der Waals surface area (Å²) in [6.07, 6.45) is 0.670. The zero-order chi connectivity index (χ0) is 18.0. The largest absolute Gasteiger partial charge is 0.495 e. The number of hydrogen-bond acceptors (Lipinski definition) is 4. The van der Waals surface area contributed by atoms with Crippen LogP contribution in [-0.4, -0.2) is 32.3 Å². The Kier molecular flexibility index (Phi) is 4.78. The van der Waals surface area contributed by atoms with Gasteiger partial charge in [0.05, 0.1) is 7.11 Å². The van der Waals surface area contributed by atoms with E-state index in [1.807, 2.05) is 24.3 Å². The van der Waals surface area contributed by atoms with Crippen LogP contribution in [0.4, 0.5) is 5.69 Å². The third-order valence-electron chi connectivity index (χ3n) is 4.20. The lowest BCUT2D eigenvalue weighted by Crippen LogP contribution is -2.36. The summed E-state index contributed by atoms with van der Waals surface area (Å²) in [6.45, 7) is 2.11. The summed E-state index contributed by atoms with van der Waals surface area (Å²) in [5.74, 6) is -0.00613. The third-order valence-corrected chi connectivity index (χ3v) is 6.06. The number of fused-ring (bicyclic) bond motifs is 1. The van der Waals surface area contributed by atoms with Crippen molar-refractivity contribution in [1.29, 1.82) is 0 Å². The van der Waals surface area contributed by atoms with E-state index in [0.29, 0.717) is 25.2 Å². The molecule has 2 aromatic carbocycles. The van der Waals surface area contributed by atoms with Crippen molar-refractivity contribution in [3.8, 4) is 5.75 Å². The predicted octanol–water partition coefficient (Wildman–Crippen LogP) is 2.40. The molecule has 1 N–H and O–H groups in total. The molecule has 0 atom stereocenters. The van der Waals surface area contributed by atoms with Crippen LogP contribution >= 0.6 is 0 Å². The minimum atomic E-state index is -3.75. The van der Waals surface area contributed by atoms with E-state index < -0.39 is 10.0 Å². The molecule has 0 radical (unpaired) electrons. The van der Waals surface area contributed by atoms with Crippen molar-refractivity contribution in [2.75, 3.05) is 19.0 Å². The number of anilines is 1. The van der Waals surface area contributed by atoms with Crippen LogP contribution in [0.3, 0.4) is 0 Å². The standard InChI is InChI=1S/C18H20N2O4S/c1-13(21)19-16-7-8-17(24-2)18(11-16)25(22,23)20-10-9-14-5-3-4-6-15(14)12-20/h3-8,11H,9-10,12H2,1-2H3,(H,19,21). The molecular formula is C18H20N2O4S. The maximum atomic E-state index is 13.1. The highest BCUT2D eigenvalue weighted by molar-refractivity contribution is 7.89. The molecule has 25 heavy (non-hydrogen) atoms. The Morgan fingerprint density at radius 2 is 1.88 bits per heavy atom. The molecule has 0 aromatic heterocycles. The highest BCUT2D eigenvalue weighted by Crippen LogP contribution is 2.32. The number of hydrogen-bond donors (Lipinski definition) is 1. The van der Waals surface area contributed by atoms with E-state index in [1.165, 1.54) is 30.0 Å². The minimum Gasteiger partial charge on any atom is -0.495 e. The van der Waals surface area contributed by atoms with Gasteiger partial charge < -0.3 is 10.1 Å². The topological polar surface area (TPSA) is 75.7 Å². The lowest BCUT2D eigenvalue weighted by molar-refractivity contribution is -0.114. The molecule has 1 heterocycles. The van der Waals surface area contributed by atoms with Crippen LogP contribution in [0, 0.1) is 0 Å². The Labute approximate surface area is 147 Å². The minimum absolute atomic E-state index is 0.0561. The van der Waals surface area contributed by atoms with Crippen molar-refractivity contribution < 1.29 is 17.9 Å². The zero-order valence-corrected chi connectivity index (χ0v) is 15.0. The first-order chi connectivity index (χ1) is 11.9. The fraction of sp³-hybridized carbons (Fsp3) is 0.278. The first-order valence-electron chi connectivity index (χ1n) is 7.94. The van der Waals surface area contributed by atoms with Gasteiger partial charge in [-0.05, 0) is 35.7 Å². The van der Waals surface area contributed by atoms with Gasteiger partial charge in [0.2, 0.25) is 15.9 Å². The number of carbonyl (C=O) groups is 1. The Hall–Kier alpha value is -2.38. The van der Waals surface area contributed by atoms with Gasteiger partial charge >= 0.3 is 0 Å². The third kappa shape index (κ3) is 3.52. The van der Waals surface area contributed by atoms with Gasteiger partial charge in [-0.15, -0.1) is 0 Å². The van der Waals surface area contributed by atoms with Gasteiger partial charge in [-0.3, -0.25) is 4.79 Å². The molecule has 2 aromatic rings. The van der Waals surface area contributed by atoms with E-state index in [4.69, 9.17) is 4.74 Å². The number of nitrogens with zero attached hydrogens (tertiary/aromatic N) is 1. The summed E-state index contributed by atoms with van der Waals surface area (Å²) in [5.41, 5.74) is 2.60. The summed E-state index contributed by atoms with van der Waals surface area (Å²) < 4.78 is 33.0. The van der Waals surface area contributed by atoms with E-state index in [2.05, 4.69) is 5.32 Å². The molecule has 3 rings (SSSR count). The van der Waals surface area contributed by atoms with E-state index in [1.54, 1.807) is 12.1 Å². The van der Waals surface area contributed by atoms with Crippen LogP contribution < -0.4 is 10.1 Å². The normalized spacial score (nSPS) is 14.6. The molecule has 0 unspecified atom stereocenters. The van der Waals surface area contributed by atoms with Crippen molar-refractivity contribution in [2.24, 2.45) is 0 Å². The summed E-state index contributed by atoms with van der Waals surface area (Å²) in [4.78, 5) is 11.3. The number of nitrogens with one attached hydrogen (secondary N) is 1. The van der Waals surface area contributed by atoms with Crippen molar-refractivity contribution in [3.05, 3.63) is 53.6 Å². The monoisotopic (exact) mass is 360 g/mol. The molecule has 0 fully saturated rings. The van der Waals surface area contributed by atoms with Crippen molar-refractivity contribution in [1.82, 2.24) is 4.31 Å². The van der Waals surface area contributed by atoms with Gasteiger partial charge in [-0.1, -0.05) is 24.3 Å². The average Bonchev–Trinajstić information content (AvgIpc) is 2.60. The van der Waals surface area contributed by atoms with Gasteiger partial charge in [0.15, 0.2) is 0 Å². The second-order valence-corrected chi connectivity index (χ2v) is 7.81. The van der Waals surface area contributed by atoms with Crippen LogP contribution in [0.2, 0.25) is 0 Å². The lowest BCUT2D eigenvalue weighted by Gasteiger charge is -2.28. The molecule has 1 aliphatic heterocycles. The second kappa shape index (κ2) is 6.85. The fourth-order valence-electron chi connectivity index (χ4n) is 2.97. The maximum absolute atomic E-state index is 13.1. The quantitative estimate of drug-likeness (QED) is 0.908. The molecular weight excluding hydrogens is 340 g/mol. The molecule has 0 spiro atoms. The average molecular weight is 360 g/mol. The van der Waals surface area contributed by atoms with Crippen molar-refractivity contribution >= 4 is 21.6 Å². The fourth-order valence-corrected chi connectivity index (χ4v) is 4.57. The Bertz CT molecular complexity index is 909. The van der Waals surface area contributed by atoms with E-state index in [-0.39, 0.29) is 16.6 Å². The molecule has 1 amide bonds. The van der Waals surface area contributed by atoms with Crippen LogP contribution in [0.25, 0.3) is 0 Å². The van der Waals surface area contributed by atoms with E-state index in [0.717, 1.165) is 5.56 Å². The Morgan fingerprint density at radius 3 is 2.56 bits per heavy atom. The molecule has 7 heteroatoms. The first kappa shape index (κ1) is 17.4. The molecule has 0 saturated heterocycles. The number of rotatable bonds is 4. The maximum Gasteiger partial charge on any atom is 0.247 e. The summed E-state index contributed by atoms with van der Waals surface area (Å²) in [5, 5.41) is 2.61. The highest BCUT2D eigenvalue weighted by Gasteiger charge is 2.31. The Balaban J connectivity index is 1.98. The molecule has 132 valence electrons. The highest BCUT2D eigenvalue weighted by atomic mass is 32.2. The van der Waals surface area contributed by atoms with Gasteiger partial charge in [-0.2, -0.15) is 4.31 Å². The summed E-state index contributed by atoms with van der Waals surface area (Å²) in [7, 11) is -2.32. The number of ether oxygens (including phenoxy) is 1. The smallest absolute Gasteiger partial charge is 0.247 e. The van der Waals surface area contributed by atoms with E-state index >= 15 is 0 Å². The number of benzene rings is 2. The van der Waals surface area contributed by atoms with Gasteiger partial charge in [-0.25, -0.2) is 8.42 Å². The summed E-state index contributed by atoms with van der Waals surface area (Å²) in [6, 6.07) is 12.5. The number of sulfonamides is 1. The lowest BCUT2D eigenvalue weighted by atomic mass is 10.0. The van der Waals surface area contributed by atoms with Crippen LogP contribution in [0.15, 0.2) is 47.4 Å². The molecule has 1 aliphatic rings. The SMILES string of the molecule is COc1ccc(NC(C)=O)cc1S(=O)(=O)N1CCc2ccccc2C1. The van der Waals surface area contributed by atoms with E-state index in [9.17, 15) is 13.2 Å². The van der Waals surface area contributed by atoms with Gasteiger partial charge in [0.1, 0.15) is 10.6 Å². The number of carbonyl (C=O) groups excluding carboxylic acids is 1.